The molecule has 0 fully saturated rings. The van der Waals surface area contributed by atoms with Gasteiger partial charge in [0.1, 0.15) is 17.5 Å². The van der Waals surface area contributed by atoms with Gasteiger partial charge in [-0.1, -0.05) is 30.8 Å². The molecule has 0 aliphatic heterocycles. The molecule has 7 heteroatoms. The van der Waals surface area contributed by atoms with Gasteiger partial charge in [-0.25, -0.2) is 13.2 Å². The summed E-state index contributed by atoms with van der Waals surface area (Å²) in [6.07, 6.45) is -5.12. The summed E-state index contributed by atoms with van der Waals surface area (Å²) >= 11 is 0. The van der Waals surface area contributed by atoms with E-state index in [1.54, 1.807) is 6.07 Å². The lowest BCUT2D eigenvalue weighted by Crippen LogP contribution is -2.10. The van der Waals surface area contributed by atoms with Crippen LogP contribution in [0, 0.1) is 17.5 Å². The first-order chi connectivity index (χ1) is 13.6. The zero-order valence-electron chi connectivity index (χ0n) is 15.0. The van der Waals surface area contributed by atoms with Gasteiger partial charge < -0.3 is 5.32 Å². The number of rotatable bonds is 5. The molecule has 3 aromatic carbocycles. The third kappa shape index (κ3) is 4.80. The molecule has 0 aromatic heterocycles. The van der Waals surface area contributed by atoms with E-state index in [0.29, 0.717) is 6.07 Å². The largest absolute Gasteiger partial charge is 0.416 e. The van der Waals surface area contributed by atoms with E-state index >= 15 is 0 Å². The fraction of sp³-hybridized carbons (Fsp3) is 0.0909. The molecule has 0 aliphatic rings. The van der Waals surface area contributed by atoms with E-state index in [9.17, 15) is 26.3 Å². The van der Waals surface area contributed by atoms with Gasteiger partial charge >= 0.3 is 6.18 Å². The molecular weight excluding hydrogens is 392 g/mol. The maximum atomic E-state index is 14.5. The molecule has 0 radical (unpaired) electrons. The Hall–Kier alpha value is -3.22. The number of anilines is 1. The van der Waals surface area contributed by atoms with Gasteiger partial charge in [0.25, 0.3) is 0 Å². The fourth-order valence-electron chi connectivity index (χ4n) is 2.89. The topological polar surface area (TPSA) is 12.0 Å². The van der Waals surface area contributed by atoms with Gasteiger partial charge in [-0.3, -0.25) is 0 Å². The lowest BCUT2D eigenvalue weighted by atomic mass is 9.98. The van der Waals surface area contributed by atoms with E-state index in [2.05, 4.69) is 11.9 Å². The molecule has 0 saturated heterocycles. The molecule has 150 valence electrons. The van der Waals surface area contributed by atoms with E-state index in [1.165, 1.54) is 30.3 Å². The van der Waals surface area contributed by atoms with Gasteiger partial charge in [-0.15, -0.1) is 0 Å². The molecule has 1 nitrogen and oxygen atoms in total. The highest BCUT2D eigenvalue weighted by Gasteiger charge is 2.33. The summed E-state index contributed by atoms with van der Waals surface area (Å²) in [5.41, 5.74) is -0.716. The van der Waals surface area contributed by atoms with Crippen LogP contribution in [0.5, 0.6) is 0 Å². The Morgan fingerprint density at radius 1 is 0.828 bits per heavy atom. The minimum absolute atomic E-state index is 0.00385. The second kappa shape index (κ2) is 8.03. The van der Waals surface area contributed by atoms with Crippen molar-refractivity contribution in [1.29, 1.82) is 0 Å². The highest BCUT2D eigenvalue weighted by molar-refractivity contribution is 5.75. The van der Waals surface area contributed by atoms with E-state index < -0.39 is 29.2 Å². The van der Waals surface area contributed by atoms with Crippen molar-refractivity contribution in [3.05, 3.63) is 107 Å². The molecule has 29 heavy (non-hydrogen) atoms. The molecular formula is C22H15F6N. The summed E-state index contributed by atoms with van der Waals surface area (Å²) < 4.78 is 80.9. The monoisotopic (exact) mass is 407 g/mol. The number of hydrogen-bond acceptors (Lipinski definition) is 1. The summed E-state index contributed by atoms with van der Waals surface area (Å²) in [4.78, 5) is 0. The highest BCUT2D eigenvalue weighted by Crippen LogP contribution is 2.34. The van der Waals surface area contributed by atoms with Crippen molar-refractivity contribution in [2.75, 3.05) is 5.32 Å². The molecule has 0 aliphatic carbocycles. The maximum absolute atomic E-state index is 14.5. The highest BCUT2D eigenvalue weighted by atomic mass is 19.4. The first kappa shape index (κ1) is 20.5. The van der Waals surface area contributed by atoms with Crippen molar-refractivity contribution in [3.8, 4) is 0 Å². The quantitative estimate of drug-likeness (QED) is 0.459. The molecule has 3 rings (SSSR count). The van der Waals surface area contributed by atoms with Crippen LogP contribution >= 0.6 is 0 Å². The van der Waals surface area contributed by atoms with Crippen LogP contribution in [0.25, 0.3) is 5.70 Å². The van der Waals surface area contributed by atoms with Crippen molar-refractivity contribution < 1.29 is 26.3 Å². The number of halogens is 6. The van der Waals surface area contributed by atoms with Gasteiger partial charge in [0.2, 0.25) is 0 Å². The molecule has 1 N–H and O–H groups in total. The van der Waals surface area contributed by atoms with E-state index in [-0.39, 0.29) is 34.5 Å². The summed E-state index contributed by atoms with van der Waals surface area (Å²) in [6, 6.07) is 12.0. The fourth-order valence-corrected chi connectivity index (χ4v) is 2.89. The summed E-state index contributed by atoms with van der Waals surface area (Å²) in [6.45, 7) is 3.71. The SMILES string of the molecule is C=C(Nc1ccc(Cc2ccc(F)cc2C(F)(F)F)c(F)c1)c1ccccc1F. The number of alkyl halides is 3. The van der Waals surface area contributed by atoms with Crippen LogP contribution in [0.4, 0.5) is 32.0 Å². The molecule has 0 amide bonds. The third-order valence-electron chi connectivity index (χ3n) is 4.31. The second-order valence-electron chi connectivity index (χ2n) is 6.37. The van der Waals surface area contributed by atoms with Gasteiger partial charge in [-0.2, -0.15) is 13.2 Å². The van der Waals surface area contributed by atoms with Crippen molar-refractivity contribution in [3.63, 3.8) is 0 Å². The Morgan fingerprint density at radius 2 is 1.52 bits per heavy atom. The maximum Gasteiger partial charge on any atom is 0.416 e. The van der Waals surface area contributed by atoms with Gasteiger partial charge in [0.05, 0.1) is 5.56 Å². The van der Waals surface area contributed by atoms with Gasteiger partial charge in [0, 0.05) is 23.4 Å². The predicted octanol–water partition coefficient (Wildman–Crippen LogP) is 6.80. The van der Waals surface area contributed by atoms with Crippen LogP contribution < -0.4 is 5.32 Å². The molecule has 0 atom stereocenters. The molecule has 0 saturated carbocycles. The number of hydrogen-bond donors (Lipinski definition) is 1. The average Bonchev–Trinajstić information content (AvgIpc) is 2.64. The minimum atomic E-state index is -4.76. The smallest absolute Gasteiger partial charge is 0.355 e. The van der Waals surface area contributed by atoms with Crippen LogP contribution in [0.15, 0.2) is 67.2 Å². The van der Waals surface area contributed by atoms with Crippen molar-refractivity contribution >= 4 is 11.4 Å². The Kier molecular flexibility index (Phi) is 5.68. The van der Waals surface area contributed by atoms with Crippen LogP contribution in [0.2, 0.25) is 0 Å². The summed E-state index contributed by atoms with van der Waals surface area (Å²) in [5, 5.41) is 2.77. The average molecular weight is 407 g/mol. The third-order valence-corrected chi connectivity index (χ3v) is 4.31. The normalized spacial score (nSPS) is 11.4. The van der Waals surface area contributed by atoms with E-state index in [0.717, 1.165) is 18.2 Å². The molecule has 3 aromatic rings. The van der Waals surface area contributed by atoms with Crippen LogP contribution in [-0.4, -0.2) is 0 Å². The first-order valence-electron chi connectivity index (χ1n) is 8.50. The Morgan fingerprint density at radius 3 is 2.17 bits per heavy atom. The van der Waals surface area contributed by atoms with Crippen molar-refractivity contribution in [2.24, 2.45) is 0 Å². The predicted molar refractivity (Wildman–Crippen MR) is 99.7 cm³/mol. The standard InChI is InChI=1S/C22H15F6N/c1-13(18-4-2-3-5-20(18)24)29-17-9-7-15(21(25)12-17)10-14-6-8-16(23)11-19(14)22(26,27)28/h2-9,11-12,29H,1,10H2. The minimum Gasteiger partial charge on any atom is -0.355 e. The summed E-state index contributed by atoms with van der Waals surface area (Å²) in [5.74, 6) is -2.28. The summed E-state index contributed by atoms with van der Waals surface area (Å²) in [7, 11) is 0. The molecule has 0 spiro atoms. The number of benzene rings is 3. The van der Waals surface area contributed by atoms with E-state index in [1.807, 2.05) is 0 Å². The van der Waals surface area contributed by atoms with Crippen molar-refractivity contribution in [2.45, 2.75) is 12.6 Å². The first-order valence-corrected chi connectivity index (χ1v) is 8.50. The Balaban J connectivity index is 1.83. The zero-order chi connectivity index (χ0) is 21.2. The Labute approximate surface area is 163 Å². The van der Waals surface area contributed by atoms with Gasteiger partial charge in [-0.05, 0) is 47.5 Å². The lowest BCUT2D eigenvalue weighted by molar-refractivity contribution is -0.138. The Bertz CT molecular complexity index is 1060. The van der Waals surface area contributed by atoms with Gasteiger partial charge in [0.15, 0.2) is 0 Å². The van der Waals surface area contributed by atoms with Crippen LogP contribution in [0.3, 0.4) is 0 Å². The van der Waals surface area contributed by atoms with Crippen molar-refractivity contribution in [1.82, 2.24) is 0 Å². The second-order valence-corrected chi connectivity index (χ2v) is 6.37. The van der Waals surface area contributed by atoms with Crippen LogP contribution in [-0.2, 0) is 12.6 Å². The number of nitrogens with one attached hydrogen (secondary N) is 1. The van der Waals surface area contributed by atoms with E-state index in [4.69, 9.17) is 0 Å². The molecule has 0 heterocycles. The lowest BCUT2D eigenvalue weighted by Gasteiger charge is -2.15. The molecule has 0 bridgehead atoms. The molecule has 0 unspecified atom stereocenters. The van der Waals surface area contributed by atoms with Crippen LogP contribution in [0.1, 0.15) is 22.3 Å². The zero-order valence-corrected chi connectivity index (χ0v) is 15.0.